The van der Waals surface area contributed by atoms with Crippen LogP contribution in [-0.4, -0.2) is 4.98 Å². The summed E-state index contributed by atoms with van der Waals surface area (Å²) < 4.78 is 5.79. The van der Waals surface area contributed by atoms with Gasteiger partial charge >= 0.3 is 0 Å². The van der Waals surface area contributed by atoms with Gasteiger partial charge in [0, 0.05) is 11.2 Å². The summed E-state index contributed by atoms with van der Waals surface area (Å²) in [6.45, 7) is 4.51. The Kier molecular flexibility index (Phi) is 3.64. The summed E-state index contributed by atoms with van der Waals surface area (Å²) >= 11 is 5.89. The van der Waals surface area contributed by atoms with Crippen molar-refractivity contribution in [2.45, 2.75) is 20.5 Å². The van der Waals surface area contributed by atoms with Gasteiger partial charge < -0.3 is 4.74 Å². The number of aromatic nitrogens is 1. The molecule has 88 valence electrons. The Morgan fingerprint density at radius 1 is 1.18 bits per heavy atom. The zero-order chi connectivity index (χ0) is 12.3. The molecule has 0 amide bonds. The average Bonchev–Trinajstić information content (AvgIpc) is 2.28. The van der Waals surface area contributed by atoms with Crippen LogP contribution in [0.1, 0.15) is 16.8 Å². The van der Waals surface area contributed by atoms with Crippen LogP contribution in [-0.2, 0) is 6.61 Å². The fourth-order valence-electron chi connectivity index (χ4n) is 1.70. The quantitative estimate of drug-likeness (QED) is 0.820. The second kappa shape index (κ2) is 5.19. The van der Waals surface area contributed by atoms with Crippen LogP contribution >= 0.6 is 11.6 Å². The van der Waals surface area contributed by atoms with Crippen molar-refractivity contribution in [3.05, 3.63) is 58.4 Å². The van der Waals surface area contributed by atoms with Gasteiger partial charge in [-0.3, -0.25) is 4.98 Å². The van der Waals surface area contributed by atoms with Gasteiger partial charge in [-0.15, -0.1) is 0 Å². The number of halogens is 1. The zero-order valence-electron chi connectivity index (χ0n) is 9.90. The Labute approximate surface area is 106 Å². The number of nitrogens with zero attached hydrogens (tertiary/aromatic N) is 1. The molecule has 0 N–H and O–H groups in total. The van der Waals surface area contributed by atoms with Gasteiger partial charge in [-0.25, -0.2) is 0 Å². The molecule has 1 aromatic heterocycles. The van der Waals surface area contributed by atoms with Crippen molar-refractivity contribution in [3.63, 3.8) is 0 Å². The van der Waals surface area contributed by atoms with E-state index in [0.29, 0.717) is 11.6 Å². The first-order chi connectivity index (χ1) is 8.16. The highest BCUT2D eigenvalue weighted by Crippen LogP contribution is 2.23. The van der Waals surface area contributed by atoms with Crippen molar-refractivity contribution in [3.8, 4) is 5.75 Å². The summed E-state index contributed by atoms with van der Waals surface area (Å²) in [5, 5.41) is 0.681. The van der Waals surface area contributed by atoms with Crippen LogP contribution in [0.4, 0.5) is 0 Å². The molecule has 2 aromatic rings. The summed E-state index contributed by atoms with van der Waals surface area (Å²) in [4.78, 5) is 4.20. The topological polar surface area (TPSA) is 22.1 Å². The van der Waals surface area contributed by atoms with E-state index in [9.17, 15) is 0 Å². The molecule has 0 saturated carbocycles. The van der Waals surface area contributed by atoms with Gasteiger partial charge in [0.05, 0.1) is 5.69 Å². The van der Waals surface area contributed by atoms with Crippen LogP contribution in [0.2, 0.25) is 5.02 Å². The summed E-state index contributed by atoms with van der Waals surface area (Å²) in [5.41, 5.74) is 3.10. The van der Waals surface area contributed by atoms with Gasteiger partial charge in [-0.1, -0.05) is 29.8 Å². The highest BCUT2D eigenvalue weighted by Gasteiger charge is 2.04. The third-order valence-electron chi connectivity index (χ3n) is 2.55. The number of aryl methyl sites for hydroxylation is 2. The van der Waals surface area contributed by atoms with Crippen LogP contribution in [0.5, 0.6) is 5.75 Å². The molecule has 3 heteroatoms. The molecular weight excluding hydrogens is 234 g/mol. The minimum atomic E-state index is 0.437. The lowest BCUT2D eigenvalue weighted by Gasteiger charge is -2.11. The van der Waals surface area contributed by atoms with Gasteiger partial charge in [0.15, 0.2) is 0 Å². The molecule has 2 nitrogen and oxygen atoms in total. The number of pyridine rings is 1. The highest BCUT2D eigenvalue weighted by molar-refractivity contribution is 6.30. The minimum absolute atomic E-state index is 0.437. The SMILES string of the molecule is Cc1cccc(C)c1OCc1cc(Cl)ccn1. The molecule has 1 aromatic carbocycles. The van der Waals surface area contributed by atoms with Gasteiger partial charge in [0.25, 0.3) is 0 Å². The summed E-state index contributed by atoms with van der Waals surface area (Å²) in [6.07, 6.45) is 1.69. The van der Waals surface area contributed by atoms with E-state index in [-0.39, 0.29) is 0 Å². The van der Waals surface area contributed by atoms with Crippen molar-refractivity contribution in [1.29, 1.82) is 0 Å². The monoisotopic (exact) mass is 247 g/mol. The number of rotatable bonds is 3. The normalized spacial score (nSPS) is 10.3. The Morgan fingerprint density at radius 2 is 1.88 bits per heavy atom. The number of hydrogen-bond acceptors (Lipinski definition) is 2. The predicted octanol–water partition coefficient (Wildman–Crippen LogP) is 3.93. The van der Waals surface area contributed by atoms with E-state index >= 15 is 0 Å². The van der Waals surface area contributed by atoms with Gasteiger partial charge in [-0.2, -0.15) is 0 Å². The van der Waals surface area contributed by atoms with Crippen LogP contribution in [0, 0.1) is 13.8 Å². The van der Waals surface area contributed by atoms with Crippen LogP contribution in [0.3, 0.4) is 0 Å². The third kappa shape index (κ3) is 2.98. The second-order valence-electron chi connectivity index (χ2n) is 3.98. The number of hydrogen-bond donors (Lipinski definition) is 0. The zero-order valence-corrected chi connectivity index (χ0v) is 10.7. The maximum Gasteiger partial charge on any atom is 0.130 e. The lowest BCUT2D eigenvalue weighted by Crippen LogP contribution is -2.00. The van der Waals surface area contributed by atoms with Gasteiger partial charge in [0.2, 0.25) is 0 Å². The van der Waals surface area contributed by atoms with Gasteiger partial charge in [-0.05, 0) is 37.1 Å². The lowest BCUT2D eigenvalue weighted by atomic mass is 10.1. The van der Waals surface area contributed by atoms with Crippen LogP contribution < -0.4 is 4.74 Å². The number of ether oxygens (including phenoxy) is 1. The Balaban J connectivity index is 2.13. The largest absolute Gasteiger partial charge is 0.487 e. The maximum absolute atomic E-state index is 5.89. The van der Waals surface area contributed by atoms with E-state index in [1.165, 1.54) is 0 Å². The van der Waals surface area contributed by atoms with E-state index in [0.717, 1.165) is 22.6 Å². The average molecular weight is 248 g/mol. The first-order valence-corrected chi connectivity index (χ1v) is 5.84. The fraction of sp³-hybridized carbons (Fsp3) is 0.214. The maximum atomic E-state index is 5.89. The molecule has 2 rings (SSSR count). The molecule has 0 radical (unpaired) electrons. The van der Waals surface area contributed by atoms with Crippen LogP contribution in [0.15, 0.2) is 36.5 Å². The van der Waals surface area contributed by atoms with Crippen molar-refractivity contribution >= 4 is 11.6 Å². The molecule has 0 saturated heterocycles. The van der Waals surface area contributed by atoms with Crippen molar-refractivity contribution < 1.29 is 4.74 Å². The van der Waals surface area contributed by atoms with Crippen molar-refractivity contribution in [1.82, 2.24) is 4.98 Å². The summed E-state index contributed by atoms with van der Waals surface area (Å²) in [5.74, 6) is 0.925. The molecular formula is C14H14ClNO. The highest BCUT2D eigenvalue weighted by atomic mass is 35.5. The summed E-state index contributed by atoms with van der Waals surface area (Å²) in [6, 6.07) is 9.66. The predicted molar refractivity (Wildman–Crippen MR) is 69.5 cm³/mol. The molecule has 0 unspecified atom stereocenters. The molecule has 0 fully saturated rings. The molecule has 17 heavy (non-hydrogen) atoms. The molecule has 0 spiro atoms. The molecule has 0 bridgehead atoms. The first-order valence-electron chi connectivity index (χ1n) is 5.46. The number of para-hydroxylation sites is 1. The van der Waals surface area contributed by atoms with Crippen molar-refractivity contribution in [2.24, 2.45) is 0 Å². The van der Waals surface area contributed by atoms with E-state index < -0.39 is 0 Å². The van der Waals surface area contributed by atoms with Crippen molar-refractivity contribution in [2.75, 3.05) is 0 Å². The lowest BCUT2D eigenvalue weighted by molar-refractivity contribution is 0.297. The fourth-order valence-corrected chi connectivity index (χ4v) is 1.88. The Hall–Kier alpha value is -1.54. The third-order valence-corrected chi connectivity index (χ3v) is 2.79. The standard InChI is InChI=1S/C14H14ClNO/c1-10-4-3-5-11(2)14(10)17-9-13-8-12(15)6-7-16-13/h3-8H,9H2,1-2H3. The van der Waals surface area contributed by atoms with E-state index in [1.807, 2.05) is 38.1 Å². The molecule has 1 heterocycles. The smallest absolute Gasteiger partial charge is 0.130 e. The summed E-state index contributed by atoms with van der Waals surface area (Å²) in [7, 11) is 0. The second-order valence-corrected chi connectivity index (χ2v) is 4.41. The Bertz CT molecular complexity index is 505. The van der Waals surface area contributed by atoms with Crippen LogP contribution in [0.25, 0.3) is 0 Å². The Morgan fingerprint density at radius 3 is 2.53 bits per heavy atom. The molecule has 0 aliphatic carbocycles. The van der Waals surface area contributed by atoms with E-state index in [2.05, 4.69) is 4.98 Å². The molecule has 0 aliphatic heterocycles. The molecule has 0 aliphatic rings. The minimum Gasteiger partial charge on any atom is -0.487 e. The first kappa shape index (κ1) is 11.9. The van der Waals surface area contributed by atoms with E-state index in [4.69, 9.17) is 16.3 Å². The number of benzene rings is 1. The molecule has 0 atom stereocenters. The van der Waals surface area contributed by atoms with Gasteiger partial charge in [0.1, 0.15) is 12.4 Å². The van der Waals surface area contributed by atoms with E-state index in [1.54, 1.807) is 12.3 Å².